The molecule has 0 bridgehead atoms. The number of nitro benzene ring substituents is 1. The molecule has 2 aliphatic rings. The Hall–Kier alpha value is -4.13. The van der Waals surface area contributed by atoms with Crippen LogP contribution in [0.4, 0.5) is 5.69 Å². The Bertz CT molecular complexity index is 1960. The normalized spacial score (nSPS) is 16.4. The lowest BCUT2D eigenvalue weighted by atomic mass is 9.85. The van der Waals surface area contributed by atoms with Gasteiger partial charge in [0.15, 0.2) is 9.96 Å². The second-order valence-electron chi connectivity index (χ2n) is 9.01. The molecule has 1 N–H and O–H groups in total. The summed E-state index contributed by atoms with van der Waals surface area (Å²) in [5.41, 5.74) is 4.84. The van der Waals surface area contributed by atoms with Gasteiger partial charge in [0.25, 0.3) is 11.2 Å². The van der Waals surface area contributed by atoms with Crippen molar-refractivity contribution in [3.8, 4) is 0 Å². The molecule has 12 heteroatoms. The number of thiophene rings is 1. The SMILES string of the molecule is O=c1c(=Cc2ccc(Sc3ncn[nH]3)c([N+](=O)[O-])c2)sc2n1C(c1cccs1)C1=C(N=2)c2ccccc2CC1. The number of fused-ring (bicyclic) bond motifs is 3. The van der Waals surface area contributed by atoms with Crippen molar-refractivity contribution in [2.24, 2.45) is 4.99 Å². The summed E-state index contributed by atoms with van der Waals surface area (Å²) in [4.78, 5) is 36.5. The number of nitrogens with one attached hydrogen (secondary N) is 1. The Labute approximate surface area is 233 Å². The minimum atomic E-state index is -0.431. The summed E-state index contributed by atoms with van der Waals surface area (Å²) in [5, 5.41) is 20.8. The number of nitro groups is 1. The van der Waals surface area contributed by atoms with Crippen molar-refractivity contribution in [1.82, 2.24) is 19.7 Å². The van der Waals surface area contributed by atoms with Crippen LogP contribution < -0.4 is 14.9 Å². The first-order chi connectivity index (χ1) is 19.1. The fraction of sp³-hybridized carbons (Fsp3) is 0.111. The van der Waals surface area contributed by atoms with Crippen molar-refractivity contribution >= 4 is 51.9 Å². The van der Waals surface area contributed by atoms with E-state index in [1.54, 1.807) is 34.1 Å². The van der Waals surface area contributed by atoms with Crippen LogP contribution in [0.2, 0.25) is 0 Å². The summed E-state index contributed by atoms with van der Waals surface area (Å²) >= 11 is 4.07. The second-order valence-corrected chi connectivity index (χ2v) is 12.0. The Morgan fingerprint density at radius 1 is 1.15 bits per heavy atom. The number of hydrogen-bond donors (Lipinski definition) is 1. The molecule has 4 heterocycles. The van der Waals surface area contributed by atoms with Gasteiger partial charge in [-0.05, 0) is 64.9 Å². The molecule has 0 radical (unpaired) electrons. The van der Waals surface area contributed by atoms with Crippen LogP contribution in [-0.4, -0.2) is 24.7 Å². The van der Waals surface area contributed by atoms with Gasteiger partial charge in [0.05, 0.1) is 26.1 Å². The van der Waals surface area contributed by atoms with Crippen LogP contribution >= 0.6 is 34.4 Å². The number of H-pyrrole nitrogens is 1. The number of thiazole rings is 1. The summed E-state index contributed by atoms with van der Waals surface area (Å²) in [5.74, 6) is 0. The van der Waals surface area contributed by atoms with Crippen LogP contribution in [0.1, 0.15) is 34.0 Å². The van der Waals surface area contributed by atoms with Crippen molar-refractivity contribution in [1.29, 1.82) is 0 Å². The summed E-state index contributed by atoms with van der Waals surface area (Å²) in [6.45, 7) is 0. The van der Waals surface area contributed by atoms with Gasteiger partial charge in [-0.2, -0.15) is 5.10 Å². The summed E-state index contributed by atoms with van der Waals surface area (Å²) in [6, 6.07) is 17.1. The molecule has 0 amide bonds. The maximum absolute atomic E-state index is 13.8. The van der Waals surface area contributed by atoms with Crippen molar-refractivity contribution in [2.75, 3.05) is 0 Å². The Morgan fingerprint density at radius 3 is 2.85 bits per heavy atom. The standard InChI is InChI=1S/C27H18N6O3S3/c34-25-22(13-15-7-10-20(19(12-15)33(35)36)38-26-28-14-29-31-26)39-27-30-23-17-5-2-1-4-16(17)8-9-18(23)24(32(25)27)21-6-3-11-37-21/h1-7,10-14,24H,8-9H2,(H,28,29,31). The Morgan fingerprint density at radius 2 is 2.05 bits per heavy atom. The quantitative estimate of drug-likeness (QED) is 0.245. The highest BCUT2D eigenvalue weighted by molar-refractivity contribution is 7.99. The van der Waals surface area contributed by atoms with Crippen molar-refractivity contribution in [2.45, 2.75) is 28.9 Å². The summed E-state index contributed by atoms with van der Waals surface area (Å²) in [7, 11) is 0. The second kappa shape index (κ2) is 9.56. The molecule has 0 spiro atoms. The molecule has 1 atom stereocenters. The highest BCUT2D eigenvalue weighted by atomic mass is 32.2. The van der Waals surface area contributed by atoms with Crippen LogP contribution in [-0.2, 0) is 6.42 Å². The van der Waals surface area contributed by atoms with Gasteiger partial charge in [-0.25, -0.2) is 9.98 Å². The minimum absolute atomic E-state index is 0.0681. The summed E-state index contributed by atoms with van der Waals surface area (Å²) in [6.07, 6.45) is 4.79. The third kappa shape index (κ3) is 4.17. The van der Waals surface area contributed by atoms with E-state index in [4.69, 9.17) is 4.99 Å². The maximum atomic E-state index is 13.8. The number of allylic oxidation sites excluding steroid dienone is 1. The van der Waals surface area contributed by atoms with E-state index < -0.39 is 4.92 Å². The van der Waals surface area contributed by atoms with E-state index in [1.165, 1.54) is 29.3 Å². The molecular formula is C27H18N6O3S3. The number of aryl methyl sites for hydroxylation is 1. The topological polar surface area (TPSA) is 119 Å². The number of aromatic nitrogens is 4. The van der Waals surface area contributed by atoms with Gasteiger partial charge in [0.1, 0.15) is 6.33 Å². The van der Waals surface area contributed by atoms with Gasteiger partial charge >= 0.3 is 0 Å². The molecule has 0 saturated carbocycles. The fourth-order valence-corrected chi connectivity index (χ4v) is 7.70. The van der Waals surface area contributed by atoms with Crippen molar-refractivity contribution < 1.29 is 4.92 Å². The fourth-order valence-electron chi connectivity index (χ4n) is 5.07. The molecule has 192 valence electrons. The molecule has 1 aliphatic carbocycles. The average Bonchev–Trinajstić information content (AvgIpc) is 3.72. The van der Waals surface area contributed by atoms with E-state index in [-0.39, 0.29) is 17.3 Å². The van der Waals surface area contributed by atoms with Gasteiger partial charge in [-0.3, -0.25) is 24.6 Å². The molecule has 1 unspecified atom stereocenters. The van der Waals surface area contributed by atoms with Crippen molar-refractivity contribution in [3.05, 3.63) is 123 Å². The first kappa shape index (κ1) is 23.9. The van der Waals surface area contributed by atoms with Gasteiger partial charge in [0, 0.05) is 16.5 Å². The first-order valence-corrected chi connectivity index (χ1v) is 14.6. The largest absolute Gasteiger partial charge is 0.283 e. The van der Waals surface area contributed by atoms with E-state index >= 15 is 0 Å². The van der Waals surface area contributed by atoms with Gasteiger partial charge in [0.2, 0.25) is 0 Å². The van der Waals surface area contributed by atoms with Crippen molar-refractivity contribution in [3.63, 3.8) is 0 Å². The highest BCUT2D eigenvalue weighted by Crippen LogP contribution is 2.42. The number of rotatable bonds is 5. The average molecular weight is 571 g/mol. The maximum Gasteiger partial charge on any atom is 0.283 e. The van der Waals surface area contributed by atoms with E-state index in [2.05, 4.69) is 33.4 Å². The molecule has 1 aliphatic heterocycles. The lowest BCUT2D eigenvalue weighted by Gasteiger charge is -2.30. The lowest BCUT2D eigenvalue weighted by molar-refractivity contribution is -0.387. The Kier molecular flexibility index (Phi) is 5.87. The third-order valence-electron chi connectivity index (χ3n) is 6.76. The molecule has 9 nitrogen and oxygen atoms in total. The third-order valence-corrected chi connectivity index (χ3v) is 9.63. The molecule has 3 aromatic heterocycles. The van der Waals surface area contributed by atoms with Crippen LogP contribution in [0.15, 0.2) is 91.7 Å². The molecular weight excluding hydrogens is 553 g/mol. The Balaban J connectivity index is 1.38. The van der Waals surface area contributed by atoms with E-state index in [0.29, 0.717) is 24.9 Å². The lowest BCUT2D eigenvalue weighted by Crippen LogP contribution is -2.38. The number of hydrogen-bond acceptors (Lipinski definition) is 9. The van der Waals surface area contributed by atoms with Crippen LogP contribution in [0.3, 0.4) is 0 Å². The number of aromatic amines is 1. The predicted octanol–water partition coefficient (Wildman–Crippen LogP) is 4.56. The zero-order chi connectivity index (χ0) is 26.5. The number of nitrogens with zero attached hydrogens (tertiary/aromatic N) is 5. The monoisotopic (exact) mass is 570 g/mol. The number of benzene rings is 2. The molecule has 7 rings (SSSR count). The zero-order valence-corrected chi connectivity index (χ0v) is 22.6. The smallest absolute Gasteiger partial charge is 0.271 e. The van der Waals surface area contributed by atoms with Gasteiger partial charge in [-0.15, -0.1) is 11.3 Å². The molecule has 5 aromatic rings. The highest BCUT2D eigenvalue weighted by Gasteiger charge is 2.33. The molecule has 0 fully saturated rings. The molecule has 0 saturated heterocycles. The van der Waals surface area contributed by atoms with Crippen LogP contribution in [0.5, 0.6) is 0 Å². The van der Waals surface area contributed by atoms with E-state index in [0.717, 1.165) is 46.3 Å². The first-order valence-electron chi connectivity index (χ1n) is 12.0. The van der Waals surface area contributed by atoms with Crippen LogP contribution in [0.25, 0.3) is 11.8 Å². The van der Waals surface area contributed by atoms with Gasteiger partial charge in [-0.1, -0.05) is 47.7 Å². The van der Waals surface area contributed by atoms with Crippen LogP contribution in [0, 0.1) is 10.1 Å². The van der Waals surface area contributed by atoms with E-state index in [1.807, 2.05) is 23.6 Å². The molecule has 39 heavy (non-hydrogen) atoms. The predicted molar refractivity (Wildman–Crippen MR) is 151 cm³/mol. The van der Waals surface area contributed by atoms with Gasteiger partial charge < -0.3 is 0 Å². The van der Waals surface area contributed by atoms with E-state index in [9.17, 15) is 14.9 Å². The summed E-state index contributed by atoms with van der Waals surface area (Å²) < 4.78 is 2.27. The zero-order valence-electron chi connectivity index (χ0n) is 20.1. The minimum Gasteiger partial charge on any atom is -0.271 e. The molecule has 2 aromatic carbocycles.